The summed E-state index contributed by atoms with van der Waals surface area (Å²) in [4.78, 5) is 21.3. The molecule has 0 amide bonds. The van der Waals surface area contributed by atoms with Gasteiger partial charge in [-0.25, -0.2) is 19.6 Å². The van der Waals surface area contributed by atoms with Crippen molar-refractivity contribution in [3.05, 3.63) is 71.8 Å². The lowest BCUT2D eigenvalue weighted by atomic mass is 9.62. The molecule has 7 rings (SSSR count). The molecule has 2 heterocycles. The van der Waals surface area contributed by atoms with Gasteiger partial charge in [0, 0.05) is 45.6 Å². The molecule has 0 bridgehead atoms. The Morgan fingerprint density at radius 1 is 0.543 bits per heavy atom. The number of anilines is 4. The average Bonchev–Trinajstić information content (AvgIpc) is 3.28. The lowest BCUT2D eigenvalue weighted by molar-refractivity contribution is -0.535. The van der Waals surface area contributed by atoms with E-state index in [-0.39, 0.29) is 37.4 Å². The fraction of sp³-hybridized carbons (Fsp3) is 0.444. The molecule has 0 spiro atoms. The fourth-order valence-corrected chi connectivity index (χ4v) is 7.37. The summed E-state index contributed by atoms with van der Waals surface area (Å²) in [6.45, 7) is 9.44. The third kappa shape index (κ3) is 5.33. The molecule has 4 N–H and O–H groups in total. The fourth-order valence-electron chi connectivity index (χ4n) is 7.37. The summed E-state index contributed by atoms with van der Waals surface area (Å²) in [5.41, 5.74) is 5.43. The summed E-state index contributed by atoms with van der Waals surface area (Å²) in [6, 6.07) is 20.0. The van der Waals surface area contributed by atoms with E-state index in [1.54, 1.807) is 0 Å². The first-order valence-corrected chi connectivity index (χ1v) is 16.4. The van der Waals surface area contributed by atoms with Gasteiger partial charge in [-0.05, 0) is 85.7 Å². The van der Waals surface area contributed by atoms with Crippen molar-refractivity contribution in [1.82, 2.24) is 0 Å². The van der Waals surface area contributed by atoms with Gasteiger partial charge in [0.25, 0.3) is 0 Å². The Hall–Kier alpha value is -3.64. The minimum atomic E-state index is -1.08. The van der Waals surface area contributed by atoms with Crippen molar-refractivity contribution in [1.29, 1.82) is 0 Å². The van der Waals surface area contributed by atoms with Crippen LogP contribution in [0, 0.1) is 0 Å². The predicted octanol–water partition coefficient (Wildman–Crippen LogP) is 4.46. The van der Waals surface area contributed by atoms with E-state index in [1.165, 1.54) is 0 Å². The highest BCUT2D eigenvalue weighted by atomic mass is 17.2. The Morgan fingerprint density at radius 2 is 0.957 bits per heavy atom. The van der Waals surface area contributed by atoms with Gasteiger partial charge in [0.1, 0.15) is 13.2 Å². The first kappa shape index (κ1) is 31.0. The lowest BCUT2D eigenvalue weighted by Crippen LogP contribution is -2.63. The molecule has 1 aliphatic carbocycles. The maximum Gasteiger partial charge on any atom is 0.104 e. The highest BCUT2D eigenvalue weighted by molar-refractivity contribution is 6.07. The molecular formula is C36H42N4O6-2. The minimum absolute atomic E-state index is 0.215. The molecule has 1 saturated carbocycles. The largest absolute Gasteiger partial charge is 0.851 e. The number of hydrogen-bond donors (Lipinski definition) is 4. The van der Waals surface area contributed by atoms with Crippen LogP contribution in [0.3, 0.4) is 0 Å². The van der Waals surface area contributed by atoms with E-state index in [1.807, 2.05) is 68.4 Å². The van der Waals surface area contributed by atoms with E-state index in [0.29, 0.717) is 13.2 Å². The Bertz CT molecular complexity index is 1670. The van der Waals surface area contributed by atoms with Crippen LogP contribution in [-0.4, -0.2) is 62.8 Å². The van der Waals surface area contributed by atoms with Crippen molar-refractivity contribution in [3.63, 3.8) is 0 Å². The van der Waals surface area contributed by atoms with Crippen LogP contribution in [0.25, 0.3) is 21.5 Å². The average molecular weight is 627 g/mol. The van der Waals surface area contributed by atoms with Crippen LogP contribution in [0.15, 0.2) is 60.7 Å². The number of hydrogen-bond acceptors (Lipinski definition) is 10. The van der Waals surface area contributed by atoms with E-state index < -0.39 is 24.0 Å². The van der Waals surface area contributed by atoms with Crippen molar-refractivity contribution < 1.29 is 29.8 Å². The van der Waals surface area contributed by atoms with Gasteiger partial charge in [-0.3, -0.25) is 0 Å². The molecule has 10 nitrogen and oxygen atoms in total. The molecule has 4 aromatic carbocycles. The maximum absolute atomic E-state index is 14.2. The molecule has 46 heavy (non-hydrogen) atoms. The van der Waals surface area contributed by atoms with Crippen LogP contribution in [-0.2, 0) is 19.6 Å². The van der Waals surface area contributed by atoms with Crippen molar-refractivity contribution in [2.75, 3.05) is 47.7 Å². The molecule has 6 unspecified atom stereocenters. The van der Waals surface area contributed by atoms with E-state index in [0.717, 1.165) is 55.4 Å². The SMILES string of the molecule is CCOOCC1Nc2cccc3c(C4C([O-])C(c5ccc6c7c(cccc57)NC(C)C(C)N6)C4[O-])ccc(c23)NC1COOCC. The van der Waals surface area contributed by atoms with Gasteiger partial charge in [-0.15, -0.1) is 12.2 Å². The molecule has 0 saturated heterocycles. The normalized spacial score (nSPS) is 28.3. The standard InChI is InChI=1S/C36H42N4O6/c1-5-43-45-17-29-30(18-46-44-6-2)40-28-16-14-24(22-10-8-12-26(39-29)32(22)28)34-35(41)33(36(34)42)23-13-15-27-31-21(23)9-7-11-25(31)37-19(3)20(4)38-27/h7-16,19-20,29-30,33-40H,5-6,17-18H2,1-4H3/q-2. The van der Waals surface area contributed by atoms with Gasteiger partial charge in [-0.2, -0.15) is 0 Å². The summed E-state index contributed by atoms with van der Waals surface area (Å²) >= 11 is 0. The van der Waals surface area contributed by atoms with Crippen molar-refractivity contribution >= 4 is 44.3 Å². The third-order valence-corrected chi connectivity index (χ3v) is 9.86. The second-order valence-electron chi connectivity index (χ2n) is 12.6. The van der Waals surface area contributed by atoms with Crippen molar-refractivity contribution in [3.8, 4) is 0 Å². The highest BCUT2D eigenvalue weighted by Crippen LogP contribution is 2.51. The Morgan fingerprint density at radius 3 is 1.41 bits per heavy atom. The Balaban J connectivity index is 1.22. The van der Waals surface area contributed by atoms with Gasteiger partial charge in [0.2, 0.25) is 0 Å². The van der Waals surface area contributed by atoms with Gasteiger partial charge >= 0.3 is 0 Å². The smallest absolute Gasteiger partial charge is 0.104 e. The Kier molecular flexibility index (Phi) is 8.67. The van der Waals surface area contributed by atoms with E-state index in [9.17, 15) is 10.2 Å². The summed E-state index contributed by atoms with van der Waals surface area (Å²) in [5.74, 6) is -1.31. The monoisotopic (exact) mass is 626 g/mol. The van der Waals surface area contributed by atoms with Crippen LogP contribution in [0.2, 0.25) is 0 Å². The van der Waals surface area contributed by atoms with E-state index >= 15 is 0 Å². The van der Waals surface area contributed by atoms with Crippen LogP contribution in [0.5, 0.6) is 0 Å². The molecule has 3 aliphatic rings. The molecular weight excluding hydrogens is 584 g/mol. The molecule has 0 aromatic heterocycles. The number of benzene rings is 4. The summed E-state index contributed by atoms with van der Waals surface area (Å²) in [7, 11) is 0. The lowest BCUT2D eigenvalue weighted by Gasteiger charge is -2.62. The van der Waals surface area contributed by atoms with E-state index in [4.69, 9.17) is 19.6 Å². The topological polar surface area (TPSA) is 131 Å². The first-order valence-electron chi connectivity index (χ1n) is 16.4. The minimum Gasteiger partial charge on any atom is -0.851 e. The molecule has 244 valence electrons. The zero-order valence-electron chi connectivity index (χ0n) is 26.7. The maximum atomic E-state index is 14.2. The van der Waals surface area contributed by atoms with E-state index in [2.05, 4.69) is 41.2 Å². The molecule has 10 heteroatoms. The van der Waals surface area contributed by atoms with Crippen LogP contribution in [0.4, 0.5) is 22.7 Å². The Labute approximate surface area is 269 Å². The molecule has 1 fully saturated rings. The summed E-state index contributed by atoms with van der Waals surface area (Å²) < 4.78 is 0. The van der Waals surface area contributed by atoms with Crippen LogP contribution < -0.4 is 31.5 Å². The molecule has 4 aromatic rings. The molecule has 6 atom stereocenters. The van der Waals surface area contributed by atoms with Gasteiger partial charge in [0.05, 0.1) is 25.3 Å². The van der Waals surface area contributed by atoms with Crippen molar-refractivity contribution in [2.24, 2.45) is 0 Å². The predicted molar refractivity (Wildman–Crippen MR) is 177 cm³/mol. The number of rotatable bonds is 10. The second-order valence-corrected chi connectivity index (χ2v) is 12.6. The van der Waals surface area contributed by atoms with Crippen LogP contribution >= 0.6 is 0 Å². The molecule has 2 aliphatic heterocycles. The second kappa shape index (κ2) is 12.9. The zero-order chi connectivity index (χ0) is 31.9. The first-order chi connectivity index (χ1) is 22.4. The van der Waals surface area contributed by atoms with Gasteiger partial charge in [-0.1, -0.05) is 36.4 Å². The third-order valence-electron chi connectivity index (χ3n) is 9.86. The van der Waals surface area contributed by atoms with Gasteiger partial charge in [0.15, 0.2) is 0 Å². The van der Waals surface area contributed by atoms with Gasteiger partial charge < -0.3 is 31.5 Å². The highest BCUT2D eigenvalue weighted by Gasteiger charge is 2.41. The summed E-state index contributed by atoms with van der Waals surface area (Å²) in [5, 5.41) is 46.6. The quantitative estimate of drug-likeness (QED) is 0.114. The summed E-state index contributed by atoms with van der Waals surface area (Å²) in [6.07, 6.45) is -2.15. The van der Waals surface area contributed by atoms with Crippen LogP contribution in [0.1, 0.15) is 50.7 Å². The number of nitrogens with one attached hydrogen (secondary N) is 4. The molecule has 0 radical (unpaired) electrons. The zero-order valence-corrected chi connectivity index (χ0v) is 26.7. The van der Waals surface area contributed by atoms with Crippen molar-refractivity contribution in [2.45, 2.75) is 75.9 Å².